The number of nitrogens with one attached hydrogen (secondary N) is 3. The molecule has 152 valence electrons. The number of imidazole rings is 1. The van der Waals surface area contributed by atoms with Crippen molar-refractivity contribution in [2.45, 2.75) is 20.0 Å². The van der Waals surface area contributed by atoms with Crippen LogP contribution >= 0.6 is 0 Å². The molecule has 0 radical (unpaired) electrons. The van der Waals surface area contributed by atoms with Crippen molar-refractivity contribution in [1.82, 2.24) is 40.0 Å². The van der Waals surface area contributed by atoms with Crippen LogP contribution in [0.4, 0.5) is 5.69 Å². The number of aromatic nitrogens is 7. The van der Waals surface area contributed by atoms with Gasteiger partial charge in [0.25, 0.3) is 5.91 Å². The predicted octanol–water partition coefficient (Wildman–Crippen LogP) is 1.85. The summed E-state index contributed by atoms with van der Waals surface area (Å²) in [6, 6.07) is 9.08. The van der Waals surface area contributed by atoms with Crippen LogP contribution in [0, 0.1) is 6.92 Å². The number of rotatable bonds is 7. The molecule has 0 bridgehead atoms. The Bertz CT molecular complexity index is 1150. The molecule has 0 fully saturated rings. The molecular weight excluding hydrogens is 382 g/mol. The molecule has 3 N–H and O–H groups in total. The number of aryl methyl sites for hydroxylation is 1. The zero-order valence-corrected chi connectivity index (χ0v) is 16.6. The standard InChI is InChI=1S/C20H21N9O/c1-13-22-9-16(26-13)10-24-20(30)14-4-3-5-15(8-14)23-11-18-27-28-19(29(18)2)17-6-7-21-12-25-17/h3-9,12,23H,10-11H2,1-2H3,(H,22,26)(H,24,30). The molecule has 0 aliphatic heterocycles. The molecule has 4 rings (SSSR count). The van der Waals surface area contributed by atoms with E-state index >= 15 is 0 Å². The topological polar surface area (TPSA) is 126 Å². The third-order valence-electron chi connectivity index (χ3n) is 4.54. The van der Waals surface area contributed by atoms with E-state index in [1.165, 1.54) is 6.33 Å². The minimum atomic E-state index is -0.163. The number of hydrogen-bond acceptors (Lipinski definition) is 7. The first kappa shape index (κ1) is 19.2. The van der Waals surface area contributed by atoms with E-state index in [1.807, 2.05) is 30.7 Å². The van der Waals surface area contributed by atoms with Crippen LogP contribution in [0.15, 0.2) is 49.1 Å². The van der Waals surface area contributed by atoms with Gasteiger partial charge in [-0.05, 0) is 31.2 Å². The van der Waals surface area contributed by atoms with E-state index in [1.54, 1.807) is 30.6 Å². The first-order chi connectivity index (χ1) is 14.6. The Hall–Kier alpha value is -4.08. The van der Waals surface area contributed by atoms with Gasteiger partial charge in [0.05, 0.1) is 18.8 Å². The van der Waals surface area contributed by atoms with Gasteiger partial charge in [-0.2, -0.15) is 0 Å². The predicted molar refractivity (Wildman–Crippen MR) is 110 cm³/mol. The summed E-state index contributed by atoms with van der Waals surface area (Å²) in [5.74, 6) is 2.06. The highest BCUT2D eigenvalue weighted by Gasteiger charge is 2.12. The van der Waals surface area contributed by atoms with Gasteiger partial charge in [-0.25, -0.2) is 15.0 Å². The molecule has 10 nitrogen and oxygen atoms in total. The quantitative estimate of drug-likeness (QED) is 0.430. The number of carbonyl (C=O) groups is 1. The second kappa shape index (κ2) is 8.52. The second-order valence-electron chi connectivity index (χ2n) is 6.69. The lowest BCUT2D eigenvalue weighted by molar-refractivity contribution is 0.0950. The monoisotopic (exact) mass is 403 g/mol. The smallest absolute Gasteiger partial charge is 0.251 e. The molecule has 1 amide bonds. The Kier molecular flexibility index (Phi) is 5.46. The Labute approximate surface area is 172 Å². The van der Waals surface area contributed by atoms with E-state index in [2.05, 4.69) is 40.8 Å². The van der Waals surface area contributed by atoms with Gasteiger partial charge in [-0.3, -0.25) is 4.79 Å². The summed E-state index contributed by atoms with van der Waals surface area (Å²) in [6.45, 7) is 2.69. The second-order valence-corrected chi connectivity index (χ2v) is 6.69. The van der Waals surface area contributed by atoms with Crippen LogP contribution in [-0.2, 0) is 20.1 Å². The number of nitrogens with zero attached hydrogens (tertiary/aromatic N) is 6. The van der Waals surface area contributed by atoms with E-state index in [0.29, 0.717) is 30.2 Å². The fourth-order valence-electron chi connectivity index (χ4n) is 2.94. The number of aromatic amines is 1. The summed E-state index contributed by atoms with van der Waals surface area (Å²) in [6.07, 6.45) is 4.93. The summed E-state index contributed by atoms with van der Waals surface area (Å²) in [4.78, 5) is 27.9. The van der Waals surface area contributed by atoms with Gasteiger partial charge in [-0.15, -0.1) is 10.2 Å². The number of amides is 1. The van der Waals surface area contributed by atoms with Crippen molar-refractivity contribution in [3.8, 4) is 11.5 Å². The first-order valence-corrected chi connectivity index (χ1v) is 9.38. The third-order valence-corrected chi connectivity index (χ3v) is 4.54. The highest BCUT2D eigenvalue weighted by atomic mass is 16.1. The molecule has 30 heavy (non-hydrogen) atoms. The molecule has 0 spiro atoms. The minimum Gasteiger partial charge on any atom is -0.378 e. The summed E-state index contributed by atoms with van der Waals surface area (Å²) < 4.78 is 1.87. The Morgan fingerprint density at radius 3 is 2.87 bits per heavy atom. The van der Waals surface area contributed by atoms with Crippen molar-refractivity contribution < 1.29 is 4.79 Å². The van der Waals surface area contributed by atoms with E-state index < -0.39 is 0 Å². The average molecular weight is 403 g/mol. The molecular formula is C20H21N9O. The molecule has 1 aromatic carbocycles. The van der Waals surface area contributed by atoms with Crippen LogP contribution in [0.2, 0.25) is 0 Å². The van der Waals surface area contributed by atoms with Crippen molar-refractivity contribution >= 4 is 11.6 Å². The fraction of sp³-hybridized carbons (Fsp3) is 0.200. The molecule has 0 aliphatic carbocycles. The molecule has 3 aromatic heterocycles. The average Bonchev–Trinajstić information content (AvgIpc) is 3.36. The van der Waals surface area contributed by atoms with Gasteiger partial charge in [0.15, 0.2) is 11.6 Å². The first-order valence-electron chi connectivity index (χ1n) is 9.38. The van der Waals surface area contributed by atoms with Crippen molar-refractivity contribution in [2.75, 3.05) is 5.32 Å². The van der Waals surface area contributed by atoms with Gasteiger partial charge < -0.3 is 20.2 Å². The molecule has 0 unspecified atom stereocenters. The van der Waals surface area contributed by atoms with Crippen LogP contribution in [0.3, 0.4) is 0 Å². The molecule has 4 aromatic rings. The zero-order chi connectivity index (χ0) is 20.9. The van der Waals surface area contributed by atoms with E-state index in [9.17, 15) is 4.79 Å². The summed E-state index contributed by atoms with van der Waals surface area (Å²) >= 11 is 0. The molecule has 0 saturated heterocycles. The Balaban J connectivity index is 1.39. The molecule has 0 saturated carbocycles. The largest absolute Gasteiger partial charge is 0.378 e. The van der Waals surface area contributed by atoms with Gasteiger partial charge in [-0.1, -0.05) is 6.07 Å². The number of benzene rings is 1. The van der Waals surface area contributed by atoms with Crippen molar-refractivity contribution in [2.24, 2.45) is 7.05 Å². The lowest BCUT2D eigenvalue weighted by atomic mass is 10.2. The Morgan fingerprint density at radius 2 is 2.10 bits per heavy atom. The van der Waals surface area contributed by atoms with Gasteiger partial charge in [0, 0.05) is 30.7 Å². The maximum absolute atomic E-state index is 12.5. The fourth-order valence-corrected chi connectivity index (χ4v) is 2.94. The van der Waals surface area contributed by atoms with Gasteiger partial charge in [0.1, 0.15) is 17.8 Å². The molecule has 0 atom stereocenters. The maximum Gasteiger partial charge on any atom is 0.251 e. The molecule has 0 aliphatic rings. The summed E-state index contributed by atoms with van der Waals surface area (Å²) in [5.41, 5.74) is 2.87. The van der Waals surface area contributed by atoms with Crippen LogP contribution in [0.25, 0.3) is 11.5 Å². The van der Waals surface area contributed by atoms with Crippen molar-refractivity contribution in [3.63, 3.8) is 0 Å². The van der Waals surface area contributed by atoms with Crippen LogP contribution in [0.1, 0.15) is 27.7 Å². The van der Waals surface area contributed by atoms with Gasteiger partial charge >= 0.3 is 0 Å². The van der Waals surface area contributed by atoms with Crippen LogP contribution in [0.5, 0.6) is 0 Å². The summed E-state index contributed by atoms with van der Waals surface area (Å²) in [7, 11) is 1.88. The molecule has 10 heteroatoms. The van der Waals surface area contributed by atoms with E-state index in [-0.39, 0.29) is 5.91 Å². The maximum atomic E-state index is 12.5. The highest BCUT2D eigenvalue weighted by Crippen LogP contribution is 2.15. The Morgan fingerprint density at radius 1 is 1.20 bits per heavy atom. The van der Waals surface area contributed by atoms with Crippen molar-refractivity contribution in [3.05, 3.63) is 72.0 Å². The lowest BCUT2D eigenvalue weighted by Crippen LogP contribution is -2.23. The van der Waals surface area contributed by atoms with Crippen LogP contribution in [-0.4, -0.2) is 40.6 Å². The van der Waals surface area contributed by atoms with Gasteiger partial charge in [0.2, 0.25) is 0 Å². The number of anilines is 1. The van der Waals surface area contributed by atoms with Crippen molar-refractivity contribution in [1.29, 1.82) is 0 Å². The minimum absolute atomic E-state index is 0.163. The number of carbonyl (C=O) groups excluding carboxylic acids is 1. The number of H-pyrrole nitrogens is 1. The third kappa shape index (κ3) is 4.32. The molecule has 3 heterocycles. The van der Waals surface area contributed by atoms with Crippen LogP contribution < -0.4 is 10.6 Å². The lowest BCUT2D eigenvalue weighted by Gasteiger charge is -2.09. The summed E-state index contributed by atoms with van der Waals surface area (Å²) in [5, 5.41) is 14.6. The van der Waals surface area contributed by atoms with E-state index in [0.717, 1.165) is 23.0 Å². The normalized spacial score (nSPS) is 10.7. The SMILES string of the molecule is Cc1nc(CNC(=O)c2cccc(NCc3nnc(-c4ccncn4)n3C)c2)c[nH]1. The van der Waals surface area contributed by atoms with E-state index in [4.69, 9.17) is 0 Å². The highest BCUT2D eigenvalue weighted by molar-refractivity contribution is 5.95. The number of hydrogen-bond donors (Lipinski definition) is 3. The zero-order valence-electron chi connectivity index (χ0n) is 16.6.